The molecular weight excluding hydrogens is 276 g/mol. The Morgan fingerprint density at radius 3 is 2.21 bits per heavy atom. The number of rotatable bonds is 5. The number of aliphatic hydroxyl groups is 1. The third-order valence-corrected chi connectivity index (χ3v) is 5.25. The van der Waals surface area contributed by atoms with Crippen molar-refractivity contribution in [3.8, 4) is 0 Å². The van der Waals surface area contributed by atoms with E-state index in [0.29, 0.717) is 0 Å². The van der Waals surface area contributed by atoms with E-state index in [1.165, 1.54) is 13.8 Å². The highest BCUT2D eigenvalue weighted by atomic mass is 32.2. The second-order valence-corrected chi connectivity index (χ2v) is 6.76. The number of carbonyl (C=O) groups excluding carboxylic acids is 1. The molecule has 2 N–H and O–H groups in total. The van der Waals surface area contributed by atoms with Gasteiger partial charge in [0.2, 0.25) is 0 Å². The van der Waals surface area contributed by atoms with Gasteiger partial charge < -0.3 is 14.9 Å². The molecule has 1 fully saturated rings. The van der Waals surface area contributed by atoms with Crippen molar-refractivity contribution in [1.29, 1.82) is 0 Å². The van der Waals surface area contributed by atoms with Gasteiger partial charge in [0.1, 0.15) is 0 Å². The van der Waals surface area contributed by atoms with Crippen LogP contribution in [-0.4, -0.2) is 54.8 Å². The third-order valence-electron chi connectivity index (χ3n) is 3.53. The molecule has 1 saturated heterocycles. The van der Waals surface area contributed by atoms with Gasteiger partial charge in [0.25, 0.3) is 0 Å². The van der Waals surface area contributed by atoms with Crippen molar-refractivity contribution < 1.29 is 33.0 Å². The van der Waals surface area contributed by atoms with Gasteiger partial charge in [-0.15, -0.1) is 0 Å². The molecule has 0 amide bonds. The Hall–Kier alpha value is -1.15. The van der Waals surface area contributed by atoms with E-state index in [1.807, 2.05) is 0 Å². The van der Waals surface area contributed by atoms with E-state index in [1.54, 1.807) is 0 Å². The molecule has 0 bridgehead atoms. The number of esters is 1. The first-order valence-electron chi connectivity index (χ1n) is 6.00. The monoisotopic (exact) mass is 294 g/mol. The molecule has 0 aromatic carbocycles. The fourth-order valence-corrected chi connectivity index (χ4v) is 4.46. The summed E-state index contributed by atoms with van der Waals surface area (Å²) >= 11 is 0. The van der Waals surface area contributed by atoms with Crippen molar-refractivity contribution in [2.24, 2.45) is 11.3 Å². The SMILES string of the molecule is CCOC(=O)C(CC)(C(=O)O)C1CS(=O)(=O)CC1O. The van der Waals surface area contributed by atoms with Crippen LogP contribution in [0.15, 0.2) is 0 Å². The summed E-state index contributed by atoms with van der Waals surface area (Å²) in [4.78, 5) is 23.5. The van der Waals surface area contributed by atoms with Gasteiger partial charge in [-0.25, -0.2) is 8.42 Å². The molecule has 0 aromatic rings. The van der Waals surface area contributed by atoms with Gasteiger partial charge in [0, 0.05) is 5.92 Å². The molecule has 19 heavy (non-hydrogen) atoms. The van der Waals surface area contributed by atoms with Crippen LogP contribution >= 0.6 is 0 Å². The van der Waals surface area contributed by atoms with Gasteiger partial charge in [0.15, 0.2) is 15.3 Å². The summed E-state index contributed by atoms with van der Waals surface area (Å²) in [6, 6.07) is 0. The molecule has 110 valence electrons. The van der Waals surface area contributed by atoms with Crippen LogP contribution < -0.4 is 0 Å². The zero-order chi connectivity index (χ0) is 14.8. The summed E-state index contributed by atoms with van der Waals surface area (Å²) in [6.45, 7) is 2.98. The van der Waals surface area contributed by atoms with E-state index in [0.717, 1.165) is 0 Å². The van der Waals surface area contributed by atoms with Gasteiger partial charge in [0.05, 0.1) is 24.2 Å². The highest BCUT2D eigenvalue weighted by molar-refractivity contribution is 7.91. The molecule has 0 radical (unpaired) electrons. The first-order valence-corrected chi connectivity index (χ1v) is 7.82. The van der Waals surface area contributed by atoms with Gasteiger partial charge >= 0.3 is 11.9 Å². The molecule has 0 saturated carbocycles. The molecular formula is C11H18O7S. The fraction of sp³-hybridized carbons (Fsp3) is 0.818. The van der Waals surface area contributed by atoms with Gasteiger partial charge in [-0.2, -0.15) is 0 Å². The van der Waals surface area contributed by atoms with Crippen molar-refractivity contribution in [3.63, 3.8) is 0 Å². The van der Waals surface area contributed by atoms with Gasteiger partial charge in [-0.3, -0.25) is 9.59 Å². The number of aliphatic carboxylic acids is 1. The number of carboxylic acids is 1. The predicted octanol–water partition coefficient (Wildman–Crippen LogP) is -0.564. The predicted molar refractivity (Wildman–Crippen MR) is 65.1 cm³/mol. The molecule has 7 nitrogen and oxygen atoms in total. The Kier molecular flexibility index (Phi) is 4.57. The first kappa shape index (κ1) is 15.9. The summed E-state index contributed by atoms with van der Waals surface area (Å²) in [6.07, 6.45) is -1.51. The standard InChI is InChI=1S/C11H18O7S/c1-3-11(9(13)14,10(15)18-4-2)7-5-19(16,17)6-8(7)12/h7-8,12H,3-6H2,1-2H3,(H,13,14). The Labute approximate surface area is 111 Å². The average molecular weight is 294 g/mol. The topological polar surface area (TPSA) is 118 Å². The van der Waals surface area contributed by atoms with Crippen LogP contribution in [0.1, 0.15) is 20.3 Å². The first-order chi connectivity index (χ1) is 8.71. The zero-order valence-corrected chi connectivity index (χ0v) is 11.6. The van der Waals surface area contributed by atoms with Crippen LogP contribution in [0.3, 0.4) is 0 Å². The van der Waals surface area contributed by atoms with Crippen LogP contribution in [0.5, 0.6) is 0 Å². The van der Waals surface area contributed by atoms with Crippen LogP contribution in [0.2, 0.25) is 0 Å². The lowest BCUT2D eigenvalue weighted by atomic mass is 9.72. The quantitative estimate of drug-likeness (QED) is 0.515. The molecule has 1 rings (SSSR count). The Morgan fingerprint density at radius 1 is 1.32 bits per heavy atom. The highest BCUT2D eigenvalue weighted by Crippen LogP contribution is 2.40. The number of sulfone groups is 1. The number of carbonyl (C=O) groups is 2. The zero-order valence-electron chi connectivity index (χ0n) is 10.8. The molecule has 1 aliphatic heterocycles. The molecule has 0 aliphatic carbocycles. The van der Waals surface area contributed by atoms with E-state index in [-0.39, 0.29) is 13.0 Å². The van der Waals surface area contributed by atoms with Crippen LogP contribution in [0, 0.1) is 11.3 Å². The smallest absolute Gasteiger partial charge is 0.323 e. The van der Waals surface area contributed by atoms with Crippen molar-refractivity contribution >= 4 is 21.8 Å². The van der Waals surface area contributed by atoms with E-state index in [9.17, 15) is 28.2 Å². The van der Waals surface area contributed by atoms with Gasteiger partial charge in [-0.1, -0.05) is 6.92 Å². The van der Waals surface area contributed by atoms with Crippen LogP contribution in [0.25, 0.3) is 0 Å². The van der Waals surface area contributed by atoms with Crippen molar-refractivity contribution in [2.75, 3.05) is 18.1 Å². The van der Waals surface area contributed by atoms with E-state index in [2.05, 4.69) is 0 Å². The summed E-state index contributed by atoms with van der Waals surface area (Å²) in [5, 5.41) is 19.2. The van der Waals surface area contributed by atoms with Crippen molar-refractivity contribution in [1.82, 2.24) is 0 Å². The summed E-state index contributed by atoms with van der Waals surface area (Å²) in [7, 11) is -3.54. The average Bonchev–Trinajstić information content (AvgIpc) is 2.54. The maximum atomic E-state index is 12.0. The van der Waals surface area contributed by atoms with Crippen molar-refractivity contribution in [3.05, 3.63) is 0 Å². The maximum absolute atomic E-state index is 12.0. The minimum absolute atomic E-state index is 0.0105. The van der Waals surface area contributed by atoms with E-state index >= 15 is 0 Å². The fourth-order valence-electron chi connectivity index (χ4n) is 2.51. The van der Waals surface area contributed by atoms with E-state index < -0.39 is 50.7 Å². The number of hydrogen-bond acceptors (Lipinski definition) is 6. The molecule has 3 unspecified atom stereocenters. The lowest BCUT2D eigenvalue weighted by Crippen LogP contribution is -2.50. The lowest BCUT2D eigenvalue weighted by Gasteiger charge is -2.32. The molecule has 1 heterocycles. The highest BCUT2D eigenvalue weighted by Gasteiger charge is 2.59. The molecule has 3 atom stereocenters. The number of hydrogen-bond donors (Lipinski definition) is 2. The maximum Gasteiger partial charge on any atom is 0.323 e. The normalized spacial score (nSPS) is 28.6. The minimum Gasteiger partial charge on any atom is -0.480 e. The van der Waals surface area contributed by atoms with E-state index in [4.69, 9.17) is 4.74 Å². The second-order valence-electron chi connectivity index (χ2n) is 4.60. The summed E-state index contributed by atoms with van der Waals surface area (Å²) in [5.74, 6) is -4.68. The number of carboxylic acid groups (broad SMARTS) is 1. The molecule has 0 aromatic heterocycles. The van der Waals surface area contributed by atoms with Crippen LogP contribution in [0.4, 0.5) is 0 Å². The van der Waals surface area contributed by atoms with Crippen LogP contribution in [-0.2, 0) is 24.2 Å². The minimum atomic E-state index is -3.54. The Bertz CT molecular complexity index is 469. The second kappa shape index (κ2) is 5.46. The van der Waals surface area contributed by atoms with Crippen molar-refractivity contribution in [2.45, 2.75) is 26.4 Å². The largest absolute Gasteiger partial charge is 0.480 e. The number of ether oxygens (including phenoxy) is 1. The summed E-state index contributed by atoms with van der Waals surface area (Å²) in [5.41, 5.74) is -2.01. The van der Waals surface area contributed by atoms with Gasteiger partial charge in [-0.05, 0) is 13.3 Å². The Balaban J connectivity index is 3.25. The molecule has 0 spiro atoms. The number of aliphatic hydroxyl groups excluding tert-OH is 1. The molecule has 1 aliphatic rings. The molecule has 8 heteroatoms. The lowest BCUT2D eigenvalue weighted by molar-refractivity contribution is -0.176. The third kappa shape index (κ3) is 2.74. The Morgan fingerprint density at radius 2 is 1.89 bits per heavy atom. The summed E-state index contributed by atoms with van der Waals surface area (Å²) < 4.78 is 27.8.